The highest BCUT2D eigenvalue weighted by atomic mass is 15.2. The van der Waals surface area contributed by atoms with Crippen molar-refractivity contribution in [1.82, 2.24) is 14.9 Å². The van der Waals surface area contributed by atoms with Crippen LogP contribution in [-0.4, -0.2) is 28.0 Å². The molecule has 0 saturated carbocycles. The van der Waals surface area contributed by atoms with E-state index < -0.39 is 0 Å². The van der Waals surface area contributed by atoms with Gasteiger partial charge in [-0.2, -0.15) is 5.26 Å². The first-order chi connectivity index (χ1) is 14.8. The van der Waals surface area contributed by atoms with Crippen LogP contribution in [-0.2, 0) is 0 Å². The smallest absolute Gasteiger partial charge is 0.138 e. The lowest BCUT2D eigenvalue weighted by Gasteiger charge is -2.35. The molecule has 1 aliphatic carbocycles. The van der Waals surface area contributed by atoms with E-state index in [0.29, 0.717) is 12.5 Å². The predicted octanol–water partition coefficient (Wildman–Crippen LogP) is 6.35. The molecule has 1 unspecified atom stereocenters. The molecule has 3 aromatic rings. The Balaban J connectivity index is 0.00000231. The molecule has 1 aliphatic heterocycles. The van der Waals surface area contributed by atoms with Gasteiger partial charge in [0.2, 0.25) is 0 Å². The molecule has 2 aromatic heterocycles. The van der Waals surface area contributed by atoms with Gasteiger partial charge < -0.3 is 4.98 Å². The largest absolute Gasteiger partial charge is 0.339 e. The number of piperidine rings is 1. The van der Waals surface area contributed by atoms with Crippen LogP contribution >= 0.6 is 0 Å². The number of benzene rings is 1. The van der Waals surface area contributed by atoms with Crippen LogP contribution in [0.25, 0.3) is 34.3 Å². The van der Waals surface area contributed by atoms with Crippen LogP contribution in [0.3, 0.4) is 0 Å². The number of aromatic nitrogens is 2. The average molecular weight is 397 g/mol. The van der Waals surface area contributed by atoms with Crippen molar-refractivity contribution in [1.29, 1.82) is 5.26 Å². The Morgan fingerprint density at radius 3 is 2.90 bits per heavy atom. The summed E-state index contributed by atoms with van der Waals surface area (Å²) in [7, 11) is 0. The molecular formula is C26H28N4. The minimum Gasteiger partial charge on any atom is -0.339 e. The normalized spacial score (nSPS) is 19.2. The predicted molar refractivity (Wildman–Crippen MR) is 125 cm³/mol. The van der Waals surface area contributed by atoms with Crippen molar-refractivity contribution in [3.63, 3.8) is 0 Å². The van der Waals surface area contributed by atoms with Crippen LogP contribution < -0.4 is 0 Å². The zero-order valence-corrected chi connectivity index (χ0v) is 17.4. The van der Waals surface area contributed by atoms with Crippen molar-refractivity contribution in [2.45, 2.75) is 38.6 Å². The first-order valence-corrected chi connectivity index (χ1v) is 10.9. The second kappa shape index (κ2) is 7.93. The van der Waals surface area contributed by atoms with Crippen LogP contribution in [0.2, 0.25) is 0 Å². The Labute approximate surface area is 179 Å². The second-order valence-electron chi connectivity index (χ2n) is 8.22. The summed E-state index contributed by atoms with van der Waals surface area (Å²) in [6, 6.07) is 14.1. The topological polar surface area (TPSA) is 55.7 Å². The third-order valence-corrected chi connectivity index (χ3v) is 6.45. The standard InChI is InChI=1S/C26H26N4.H2/c1-2-30-13-4-3-8-25(30)20-11-9-19(10-12-20)21-15-23-22-14-18(16-27)6-5-7-24(22)29-26(23)28-17-21;/h5,7,9-12,14-15,17,25H,2-4,6,8,13H2,1H3,(H,28,29);1H. The molecule has 0 spiro atoms. The number of nitriles is 1. The van der Waals surface area contributed by atoms with Gasteiger partial charge in [0.05, 0.1) is 6.07 Å². The second-order valence-corrected chi connectivity index (χ2v) is 8.22. The molecule has 3 heterocycles. The van der Waals surface area contributed by atoms with Gasteiger partial charge in [-0.15, -0.1) is 0 Å². The summed E-state index contributed by atoms with van der Waals surface area (Å²) in [5.41, 5.74) is 7.41. The first-order valence-electron chi connectivity index (χ1n) is 10.9. The molecule has 1 atom stereocenters. The molecular weight excluding hydrogens is 368 g/mol. The molecule has 1 aromatic carbocycles. The number of rotatable bonds is 3. The van der Waals surface area contributed by atoms with E-state index in [0.717, 1.165) is 40.0 Å². The summed E-state index contributed by atoms with van der Waals surface area (Å²) in [4.78, 5) is 10.6. The summed E-state index contributed by atoms with van der Waals surface area (Å²) in [6.45, 7) is 4.57. The van der Waals surface area contributed by atoms with E-state index in [2.05, 4.69) is 64.3 Å². The van der Waals surface area contributed by atoms with Crippen LogP contribution in [0.1, 0.15) is 56.9 Å². The fourth-order valence-electron chi connectivity index (χ4n) is 4.81. The molecule has 30 heavy (non-hydrogen) atoms. The number of nitrogens with zero attached hydrogens (tertiary/aromatic N) is 3. The van der Waals surface area contributed by atoms with E-state index in [1.807, 2.05) is 18.3 Å². The summed E-state index contributed by atoms with van der Waals surface area (Å²) < 4.78 is 0. The average Bonchev–Trinajstić information content (AvgIpc) is 3.01. The lowest BCUT2D eigenvalue weighted by atomic mass is 9.93. The molecule has 4 nitrogen and oxygen atoms in total. The zero-order valence-electron chi connectivity index (χ0n) is 17.4. The van der Waals surface area contributed by atoms with E-state index in [-0.39, 0.29) is 1.43 Å². The Bertz CT molecular complexity index is 1180. The fraction of sp³-hybridized carbons (Fsp3) is 0.308. The number of pyridine rings is 1. The number of fused-ring (bicyclic) bond motifs is 3. The Morgan fingerprint density at radius 2 is 2.10 bits per heavy atom. The number of hydrogen-bond donors (Lipinski definition) is 1. The van der Waals surface area contributed by atoms with Crippen molar-refractivity contribution < 1.29 is 1.43 Å². The summed E-state index contributed by atoms with van der Waals surface area (Å²) in [5.74, 6) is 0. The molecule has 0 amide bonds. The highest BCUT2D eigenvalue weighted by Gasteiger charge is 2.22. The van der Waals surface area contributed by atoms with E-state index in [4.69, 9.17) is 0 Å². The summed E-state index contributed by atoms with van der Waals surface area (Å²) in [6.07, 6.45) is 12.6. The third kappa shape index (κ3) is 3.36. The minimum atomic E-state index is 0. The lowest BCUT2D eigenvalue weighted by Crippen LogP contribution is -2.33. The minimum absolute atomic E-state index is 0. The van der Waals surface area contributed by atoms with Gasteiger partial charge in [0.25, 0.3) is 0 Å². The van der Waals surface area contributed by atoms with Crippen LogP contribution in [0.4, 0.5) is 0 Å². The molecule has 1 N–H and O–H groups in total. The number of aromatic amines is 1. The van der Waals surface area contributed by atoms with Gasteiger partial charge in [-0.3, -0.25) is 4.90 Å². The van der Waals surface area contributed by atoms with E-state index in [1.54, 1.807) is 0 Å². The Morgan fingerprint density at radius 1 is 1.23 bits per heavy atom. The number of hydrogen-bond acceptors (Lipinski definition) is 3. The SMILES string of the molecule is CCN1CCCCC1c1ccc(-c2cnc3[nH]c4c(c3c2)C=C(C#N)CC=C4)cc1.[HH]. The maximum atomic E-state index is 9.37. The van der Waals surface area contributed by atoms with Gasteiger partial charge in [-0.25, -0.2) is 4.98 Å². The Kier molecular flexibility index (Phi) is 4.98. The van der Waals surface area contributed by atoms with Crippen LogP contribution in [0, 0.1) is 11.3 Å². The van der Waals surface area contributed by atoms with Crippen molar-refractivity contribution >= 4 is 23.2 Å². The number of allylic oxidation sites excluding steroid dienone is 2. The van der Waals surface area contributed by atoms with Crippen LogP contribution in [0.5, 0.6) is 0 Å². The van der Waals surface area contributed by atoms with Gasteiger partial charge in [0.1, 0.15) is 5.65 Å². The van der Waals surface area contributed by atoms with E-state index in [1.165, 1.54) is 36.9 Å². The number of H-pyrrole nitrogens is 1. The van der Waals surface area contributed by atoms with Crippen LogP contribution in [0.15, 0.2) is 48.2 Å². The summed E-state index contributed by atoms with van der Waals surface area (Å²) >= 11 is 0. The number of nitrogens with one attached hydrogen (secondary N) is 1. The van der Waals surface area contributed by atoms with Gasteiger partial charge in [-0.1, -0.05) is 43.7 Å². The highest BCUT2D eigenvalue weighted by Crippen LogP contribution is 2.34. The van der Waals surface area contributed by atoms with Gasteiger partial charge in [-0.05, 0) is 55.3 Å². The molecule has 1 saturated heterocycles. The zero-order chi connectivity index (χ0) is 20.5. The lowest BCUT2D eigenvalue weighted by molar-refractivity contribution is 0.157. The third-order valence-electron chi connectivity index (χ3n) is 6.45. The maximum absolute atomic E-state index is 9.37. The van der Waals surface area contributed by atoms with Gasteiger partial charge in [0, 0.05) is 47.9 Å². The maximum Gasteiger partial charge on any atom is 0.138 e. The molecule has 0 bridgehead atoms. The Hall–Kier alpha value is -3.16. The monoisotopic (exact) mass is 396 g/mol. The molecule has 2 aliphatic rings. The van der Waals surface area contributed by atoms with Crippen molar-refractivity contribution in [2.24, 2.45) is 0 Å². The molecule has 4 heteroatoms. The van der Waals surface area contributed by atoms with Gasteiger partial charge >= 0.3 is 0 Å². The molecule has 0 radical (unpaired) electrons. The van der Waals surface area contributed by atoms with Crippen molar-refractivity contribution in [3.8, 4) is 17.2 Å². The number of likely N-dealkylation sites (tertiary alicyclic amines) is 1. The highest BCUT2D eigenvalue weighted by molar-refractivity contribution is 5.94. The van der Waals surface area contributed by atoms with E-state index in [9.17, 15) is 5.26 Å². The van der Waals surface area contributed by atoms with Crippen molar-refractivity contribution in [2.75, 3.05) is 13.1 Å². The summed E-state index contributed by atoms with van der Waals surface area (Å²) in [5, 5.41) is 10.4. The molecule has 5 rings (SSSR count). The fourth-order valence-corrected chi connectivity index (χ4v) is 4.81. The van der Waals surface area contributed by atoms with Crippen molar-refractivity contribution in [3.05, 3.63) is 65.0 Å². The van der Waals surface area contributed by atoms with E-state index >= 15 is 0 Å². The molecule has 152 valence electrons. The quantitative estimate of drug-likeness (QED) is 0.561. The first kappa shape index (κ1) is 18.8. The molecule has 1 fully saturated rings. The van der Waals surface area contributed by atoms with Gasteiger partial charge in [0.15, 0.2) is 0 Å².